The SMILES string of the molecule is Cc1ccccc1-c1cc(-c2cc3sc4c(c3s2)-c2ccccc2-c2ccccc2-c2ccccc2-4)cc[n+]1C. The Bertz CT molecular complexity index is 2090. The van der Waals surface area contributed by atoms with E-state index in [1.807, 2.05) is 22.7 Å². The van der Waals surface area contributed by atoms with Gasteiger partial charge in [0.05, 0.1) is 4.70 Å². The van der Waals surface area contributed by atoms with Crippen molar-refractivity contribution in [2.75, 3.05) is 0 Å². The zero-order valence-electron chi connectivity index (χ0n) is 22.3. The van der Waals surface area contributed by atoms with Crippen LogP contribution in [-0.2, 0) is 7.05 Å². The molecule has 3 heteroatoms. The van der Waals surface area contributed by atoms with E-state index in [0.717, 1.165) is 0 Å². The maximum Gasteiger partial charge on any atom is 0.213 e. The van der Waals surface area contributed by atoms with Crippen molar-refractivity contribution in [3.8, 4) is 65.5 Å². The molecule has 0 atom stereocenters. The molecule has 1 aliphatic rings. The van der Waals surface area contributed by atoms with Gasteiger partial charge >= 0.3 is 0 Å². The number of rotatable bonds is 2. The van der Waals surface area contributed by atoms with E-state index in [2.05, 4.69) is 140 Å². The smallest absolute Gasteiger partial charge is 0.201 e. The summed E-state index contributed by atoms with van der Waals surface area (Å²) in [7, 11) is 2.13. The van der Waals surface area contributed by atoms with Crippen molar-refractivity contribution < 1.29 is 4.57 Å². The molecule has 3 heterocycles. The van der Waals surface area contributed by atoms with Crippen LogP contribution in [0.3, 0.4) is 0 Å². The molecule has 190 valence electrons. The first-order chi connectivity index (χ1) is 19.7. The van der Waals surface area contributed by atoms with Gasteiger partial charge in [-0.15, -0.1) is 22.7 Å². The summed E-state index contributed by atoms with van der Waals surface area (Å²) in [5.41, 5.74) is 14.3. The minimum absolute atomic E-state index is 1.23. The molecule has 7 aromatic rings. The van der Waals surface area contributed by atoms with Gasteiger partial charge < -0.3 is 0 Å². The van der Waals surface area contributed by atoms with Crippen molar-refractivity contribution in [3.05, 3.63) is 127 Å². The second-order valence-electron chi connectivity index (χ2n) is 10.5. The van der Waals surface area contributed by atoms with E-state index in [-0.39, 0.29) is 0 Å². The van der Waals surface area contributed by atoms with Crippen molar-refractivity contribution in [1.82, 2.24) is 0 Å². The highest BCUT2D eigenvalue weighted by molar-refractivity contribution is 7.32. The summed E-state index contributed by atoms with van der Waals surface area (Å²) >= 11 is 3.85. The first kappa shape index (κ1) is 23.6. The predicted molar refractivity (Wildman–Crippen MR) is 172 cm³/mol. The van der Waals surface area contributed by atoms with Crippen LogP contribution in [0.2, 0.25) is 0 Å². The Morgan fingerprint density at radius 3 is 1.77 bits per heavy atom. The molecule has 1 aliphatic carbocycles. The number of hydrogen-bond acceptors (Lipinski definition) is 2. The highest BCUT2D eigenvalue weighted by Crippen LogP contribution is 2.55. The summed E-state index contributed by atoms with van der Waals surface area (Å²) in [5.74, 6) is 0. The first-order valence-corrected chi connectivity index (χ1v) is 15.2. The molecule has 0 spiro atoms. The van der Waals surface area contributed by atoms with Gasteiger partial charge in [0.1, 0.15) is 7.05 Å². The van der Waals surface area contributed by atoms with Crippen molar-refractivity contribution in [3.63, 3.8) is 0 Å². The summed E-state index contributed by atoms with van der Waals surface area (Å²) in [5, 5.41) is 0. The molecule has 8 rings (SSSR count). The van der Waals surface area contributed by atoms with Gasteiger partial charge in [-0.05, 0) is 52.4 Å². The molecular formula is C37H26NS2+. The molecule has 0 fully saturated rings. The number of thiophene rings is 2. The van der Waals surface area contributed by atoms with Gasteiger partial charge in [0.15, 0.2) is 6.20 Å². The Morgan fingerprint density at radius 2 is 1.10 bits per heavy atom. The third kappa shape index (κ3) is 3.55. The molecule has 3 aromatic heterocycles. The lowest BCUT2D eigenvalue weighted by molar-refractivity contribution is -0.660. The van der Waals surface area contributed by atoms with Crippen molar-refractivity contribution in [2.45, 2.75) is 6.92 Å². The number of nitrogens with zero attached hydrogens (tertiary/aromatic N) is 1. The topological polar surface area (TPSA) is 3.88 Å². The van der Waals surface area contributed by atoms with Gasteiger partial charge in [0.2, 0.25) is 5.69 Å². The van der Waals surface area contributed by atoms with Crippen LogP contribution in [0.15, 0.2) is 121 Å². The zero-order valence-corrected chi connectivity index (χ0v) is 23.9. The quantitative estimate of drug-likeness (QED) is 0.189. The molecule has 0 unspecified atom stereocenters. The molecule has 0 aliphatic heterocycles. The average molecular weight is 549 g/mol. The van der Waals surface area contributed by atoms with Gasteiger partial charge in [-0.2, -0.15) is 0 Å². The van der Waals surface area contributed by atoms with Crippen LogP contribution in [0, 0.1) is 6.92 Å². The second-order valence-corrected chi connectivity index (χ2v) is 12.6. The largest absolute Gasteiger partial charge is 0.213 e. The van der Waals surface area contributed by atoms with E-state index in [1.54, 1.807) is 0 Å². The molecule has 0 radical (unpaired) electrons. The fraction of sp³-hybridized carbons (Fsp3) is 0.0541. The monoisotopic (exact) mass is 548 g/mol. The highest BCUT2D eigenvalue weighted by Gasteiger charge is 2.26. The van der Waals surface area contributed by atoms with Crippen LogP contribution < -0.4 is 4.57 Å². The molecule has 40 heavy (non-hydrogen) atoms. The summed E-state index contributed by atoms with van der Waals surface area (Å²) in [6.45, 7) is 2.19. The summed E-state index contributed by atoms with van der Waals surface area (Å²) in [6, 6.07) is 42.4. The normalized spacial score (nSPS) is 11.8. The Morgan fingerprint density at radius 1 is 0.550 bits per heavy atom. The third-order valence-electron chi connectivity index (χ3n) is 8.10. The van der Waals surface area contributed by atoms with Crippen LogP contribution in [0.1, 0.15) is 5.56 Å². The molecule has 0 N–H and O–H groups in total. The van der Waals surface area contributed by atoms with Gasteiger partial charge in [-0.3, -0.25) is 0 Å². The number of aromatic nitrogens is 1. The lowest BCUT2D eigenvalue weighted by atomic mass is 9.84. The third-order valence-corrected chi connectivity index (χ3v) is 10.6. The van der Waals surface area contributed by atoms with Crippen LogP contribution in [0.5, 0.6) is 0 Å². The Hall–Kier alpha value is -4.31. The fourth-order valence-corrected chi connectivity index (χ4v) is 8.82. The summed E-state index contributed by atoms with van der Waals surface area (Å²) in [4.78, 5) is 2.68. The van der Waals surface area contributed by atoms with Crippen molar-refractivity contribution >= 4 is 32.1 Å². The van der Waals surface area contributed by atoms with Gasteiger partial charge in [-0.25, -0.2) is 4.57 Å². The minimum Gasteiger partial charge on any atom is -0.201 e. The Balaban J connectivity index is 1.38. The standard InChI is InChI=1S/C37H26NS2/c1-23-11-3-4-12-25(23)32-21-24(19-20-38(32)2)33-22-34-37(39-33)35-30-17-9-7-15-28(30)26-13-5-6-14-27(26)29-16-8-10-18-31(29)36(35)40-34/h3-22H,1-2H3/q+1. The van der Waals surface area contributed by atoms with Crippen LogP contribution in [0.25, 0.3) is 74.9 Å². The number of aryl methyl sites for hydroxylation is 2. The molecule has 0 saturated carbocycles. The van der Waals surface area contributed by atoms with E-state index in [4.69, 9.17) is 0 Å². The van der Waals surface area contributed by atoms with E-state index in [0.29, 0.717) is 0 Å². The number of benzene rings is 4. The first-order valence-electron chi connectivity index (χ1n) is 13.6. The lowest BCUT2D eigenvalue weighted by Gasteiger charge is -2.20. The summed E-state index contributed by atoms with van der Waals surface area (Å²) < 4.78 is 4.95. The Labute approximate surface area is 242 Å². The number of hydrogen-bond donors (Lipinski definition) is 0. The fourth-order valence-electron chi connectivity index (χ4n) is 6.12. The molecule has 1 nitrogen and oxygen atoms in total. The average Bonchev–Trinajstić information content (AvgIpc) is 3.56. The minimum atomic E-state index is 1.23. The van der Waals surface area contributed by atoms with Gasteiger partial charge in [0.25, 0.3) is 0 Å². The predicted octanol–water partition coefficient (Wildman–Crippen LogP) is 10.4. The molecule has 0 bridgehead atoms. The summed E-state index contributed by atoms with van der Waals surface area (Å²) in [6.07, 6.45) is 2.19. The second kappa shape index (κ2) is 9.12. The van der Waals surface area contributed by atoms with Crippen LogP contribution in [-0.4, -0.2) is 0 Å². The molecule has 0 amide bonds. The Kier molecular flexibility index (Phi) is 5.38. The number of fused-ring (bicyclic) bond motifs is 10. The maximum absolute atomic E-state index is 2.41. The van der Waals surface area contributed by atoms with Crippen LogP contribution in [0.4, 0.5) is 0 Å². The lowest BCUT2D eigenvalue weighted by Crippen LogP contribution is -2.30. The van der Waals surface area contributed by atoms with Crippen molar-refractivity contribution in [1.29, 1.82) is 0 Å². The molecule has 0 saturated heterocycles. The van der Waals surface area contributed by atoms with Gasteiger partial charge in [-0.1, -0.05) is 91.0 Å². The van der Waals surface area contributed by atoms with E-state index in [9.17, 15) is 0 Å². The zero-order chi connectivity index (χ0) is 26.8. The number of pyridine rings is 1. The van der Waals surface area contributed by atoms with E-state index >= 15 is 0 Å². The van der Waals surface area contributed by atoms with Crippen molar-refractivity contribution in [2.24, 2.45) is 7.05 Å². The highest BCUT2D eigenvalue weighted by atomic mass is 32.1. The van der Waals surface area contributed by atoms with E-state index < -0.39 is 0 Å². The maximum atomic E-state index is 2.41. The van der Waals surface area contributed by atoms with Gasteiger partial charge in [0, 0.05) is 48.8 Å². The van der Waals surface area contributed by atoms with Crippen LogP contribution >= 0.6 is 22.7 Å². The van der Waals surface area contributed by atoms with E-state index in [1.165, 1.54) is 80.5 Å². The molecular weight excluding hydrogens is 523 g/mol. The molecule has 4 aromatic carbocycles.